The zero-order chi connectivity index (χ0) is 12.9. The first-order valence-electron chi connectivity index (χ1n) is 6.36. The summed E-state index contributed by atoms with van der Waals surface area (Å²) in [5.74, 6) is 2.35. The number of nitrogens with one attached hydrogen (secondary N) is 2. The van der Waals surface area contributed by atoms with E-state index in [9.17, 15) is 0 Å². The molecule has 0 aliphatic carbocycles. The minimum absolute atomic E-state index is 0.305. The fraction of sp³-hybridized carbons (Fsp3) is 0.385. The van der Waals surface area contributed by atoms with E-state index in [0.29, 0.717) is 6.79 Å². The molecule has 0 spiro atoms. The Labute approximate surface area is 111 Å². The van der Waals surface area contributed by atoms with Crippen LogP contribution in [0.3, 0.4) is 0 Å². The Bertz CT molecular complexity index is 513. The van der Waals surface area contributed by atoms with E-state index >= 15 is 0 Å². The molecule has 6 heteroatoms. The van der Waals surface area contributed by atoms with Gasteiger partial charge in [-0.2, -0.15) is 5.10 Å². The SMILES string of the molecule is C(/Cc1ccc2c(c1)OCO2)=N/NC1=NCCCN1. The molecule has 0 atom stereocenters. The Morgan fingerprint density at radius 3 is 3.21 bits per heavy atom. The number of guanidine groups is 1. The van der Waals surface area contributed by atoms with Gasteiger partial charge in [-0.1, -0.05) is 6.07 Å². The van der Waals surface area contributed by atoms with Crippen molar-refractivity contribution in [3.05, 3.63) is 23.8 Å². The lowest BCUT2D eigenvalue weighted by molar-refractivity contribution is 0.174. The lowest BCUT2D eigenvalue weighted by atomic mass is 10.1. The molecule has 2 aliphatic heterocycles. The Balaban J connectivity index is 1.53. The molecule has 19 heavy (non-hydrogen) atoms. The van der Waals surface area contributed by atoms with Crippen LogP contribution in [0.5, 0.6) is 11.5 Å². The van der Waals surface area contributed by atoms with Crippen molar-refractivity contribution < 1.29 is 9.47 Å². The molecule has 0 radical (unpaired) electrons. The van der Waals surface area contributed by atoms with Gasteiger partial charge in [-0.25, -0.2) is 5.43 Å². The average Bonchev–Trinajstić information content (AvgIpc) is 2.92. The molecule has 0 aromatic heterocycles. The van der Waals surface area contributed by atoms with Gasteiger partial charge in [-0.15, -0.1) is 0 Å². The lowest BCUT2D eigenvalue weighted by Gasteiger charge is -2.12. The molecule has 3 rings (SSSR count). The van der Waals surface area contributed by atoms with Crippen molar-refractivity contribution in [1.82, 2.24) is 10.7 Å². The molecule has 0 fully saturated rings. The number of benzene rings is 1. The van der Waals surface area contributed by atoms with Crippen molar-refractivity contribution in [1.29, 1.82) is 0 Å². The van der Waals surface area contributed by atoms with Gasteiger partial charge >= 0.3 is 0 Å². The molecule has 1 aromatic rings. The summed E-state index contributed by atoms with van der Waals surface area (Å²) in [7, 11) is 0. The van der Waals surface area contributed by atoms with E-state index in [1.165, 1.54) is 0 Å². The van der Waals surface area contributed by atoms with Crippen LogP contribution in [0.25, 0.3) is 0 Å². The molecule has 0 saturated carbocycles. The second-order valence-electron chi connectivity index (χ2n) is 4.33. The van der Waals surface area contributed by atoms with Gasteiger partial charge in [0, 0.05) is 25.7 Å². The highest BCUT2D eigenvalue weighted by atomic mass is 16.7. The predicted octanol–water partition coefficient (Wildman–Crippen LogP) is 0.882. The smallest absolute Gasteiger partial charge is 0.231 e. The van der Waals surface area contributed by atoms with Crippen LogP contribution in [-0.2, 0) is 6.42 Å². The number of aliphatic imine (C=N–C) groups is 1. The quantitative estimate of drug-likeness (QED) is 0.625. The molecular weight excluding hydrogens is 244 g/mol. The van der Waals surface area contributed by atoms with E-state index in [4.69, 9.17) is 9.47 Å². The second kappa shape index (κ2) is 5.60. The Hall–Kier alpha value is -2.24. The highest BCUT2D eigenvalue weighted by Crippen LogP contribution is 2.32. The predicted molar refractivity (Wildman–Crippen MR) is 72.8 cm³/mol. The second-order valence-corrected chi connectivity index (χ2v) is 4.33. The lowest BCUT2D eigenvalue weighted by Crippen LogP contribution is -2.38. The summed E-state index contributed by atoms with van der Waals surface area (Å²) in [5.41, 5.74) is 4.03. The average molecular weight is 260 g/mol. The van der Waals surface area contributed by atoms with Crippen molar-refractivity contribution in [2.45, 2.75) is 12.8 Å². The van der Waals surface area contributed by atoms with Crippen LogP contribution in [-0.4, -0.2) is 32.1 Å². The molecule has 2 heterocycles. The van der Waals surface area contributed by atoms with Crippen LogP contribution >= 0.6 is 0 Å². The Morgan fingerprint density at radius 2 is 2.32 bits per heavy atom. The van der Waals surface area contributed by atoms with E-state index < -0.39 is 0 Å². The summed E-state index contributed by atoms with van der Waals surface area (Å²) in [6.45, 7) is 2.11. The van der Waals surface area contributed by atoms with Gasteiger partial charge < -0.3 is 14.8 Å². The van der Waals surface area contributed by atoms with Crippen LogP contribution in [0.4, 0.5) is 0 Å². The van der Waals surface area contributed by atoms with E-state index in [1.54, 1.807) is 0 Å². The topological polar surface area (TPSA) is 67.2 Å². The van der Waals surface area contributed by atoms with Gasteiger partial charge in [0.25, 0.3) is 0 Å². The number of ether oxygens (including phenoxy) is 2. The summed E-state index contributed by atoms with van der Waals surface area (Å²) < 4.78 is 10.6. The van der Waals surface area contributed by atoms with Gasteiger partial charge in [0.05, 0.1) is 0 Å². The molecule has 6 nitrogen and oxygen atoms in total. The summed E-state index contributed by atoms with van der Waals surface area (Å²) >= 11 is 0. The number of hydrazone groups is 1. The molecule has 0 saturated heterocycles. The third-order valence-corrected chi connectivity index (χ3v) is 2.92. The number of hydrogen-bond donors (Lipinski definition) is 2. The molecular formula is C13H16N4O2. The fourth-order valence-electron chi connectivity index (χ4n) is 1.93. The maximum atomic E-state index is 5.33. The zero-order valence-corrected chi connectivity index (χ0v) is 10.6. The molecule has 0 unspecified atom stereocenters. The molecule has 0 bridgehead atoms. The first-order valence-corrected chi connectivity index (χ1v) is 6.36. The molecule has 2 N–H and O–H groups in total. The van der Waals surface area contributed by atoms with Crippen molar-refractivity contribution in [3.8, 4) is 11.5 Å². The summed E-state index contributed by atoms with van der Waals surface area (Å²) in [4.78, 5) is 4.27. The maximum absolute atomic E-state index is 5.33. The van der Waals surface area contributed by atoms with Crippen molar-refractivity contribution in [2.24, 2.45) is 10.1 Å². The normalized spacial score (nSPS) is 17.2. The van der Waals surface area contributed by atoms with Gasteiger partial charge in [-0.3, -0.25) is 4.99 Å². The van der Waals surface area contributed by atoms with Gasteiger partial charge in [0.15, 0.2) is 11.5 Å². The standard InChI is InChI=1S/C13H16N4O2/c1-5-14-13(15-6-1)17-16-7-4-10-2-3-11-12(8-10)19-9-18-11/h2-3,7-8H,1,4-6,9H2,(H2,14,15,17)/b16-7-. The molecule has 0 amide bonds. The number of rotatable bonds is 3. The van der Waals surface area contributed by atoms with Gasteiger partial charge in [0.2, 0.25) is 12.8 Å². The van der Waals surface area contributed by atoms with Crippen LogP contribution in [0.1, 0.15) is 12.0 Å². The van der Waals surface area contributed by atoms with E-state index in [1.807, 2.05) is 24.4 Å². The minimum Gasteiger partial charge on any atom is -0.454 e. The fourth-order valence-corrected chi connectivity index (χ4v) is 1.93. The number of nitrogens with zero attached hydrogens (tertiary/aromatic N) is 2. The number of hydrogen-bond acceptors (Lipinski definition) is 6. The van der Waals surface area contributed by atoms with E-state index in [0.717, 1.165) is 49.0 Å². The molecule has 1 aromatic carbocycles. The first-order chi connectivity index (χ1) is 9.42. The third-order valence-electron chi connectivity index (χ3n) is 2.92. The van der Waals surface area contributed by atoms with E-state index in [2.05, 4.69) is 20.8 Å². The summed E-state index contributed by atoms with van der Waals surface area (Å²) in [6, 6.07) is 5.91. The highest BCUT2D eigenvalue weighted by molar-refractivity contribution is 5.80. The minimum atomic E-state index is 0.305. The maximum Gasteiger partial charge on any atom is 0.231 e. The van der Waals surface area contributed by atoms with Crippen LogP contribution in [0.2, 0.25) is 0 Å². The largest absolute Gasteiger partial charge is 0.454 e. The van der Waals surface area contributed by atoms with E-state index in [-0.39, 0.29) is 0 Å². The first kappa shape index (κ1) is 11.8. The zero-order valence-electron chi connectivity index (χ0n) is 10.6. The monoisotopic (exact) mass is 260 g/mol. The van der Waals surface area contributed by atoms with Crippen molar-refractivity contribution in [3.63, 3.8) is 0 Å². The summed E-state index contributed by atoms with van der Waals surface area (Å²) in [6.07, 6.45) is 3.62. The van der Waals surface area contributed by atoms with Crippen LogP contribution in [0, 0.1) is 0 Å². The van der Waals surface area contributed by atoms with Crippen molar-refractivity contribution in [2.75, 3.05) is 19.9 Å². The van der Waals surface area contributed by atoms with Gasteiger partial charge in [-0.05, 0) is 24.1 Å². The number of fused-ring (bicyclic) bond motifs is 1. The van der Waals surface area contributed by atoms with Gasteiger partial charge in [0.1, 0.15) is 0 Å². The van der Waals surface area contributed by atoms with Crippen molar-refractivity contribution >= 4 is 12.2 Å². The Kier molecular flexibility index (Phi) is 3.49. The highest BCUT2D eigenvalue weighted by Gasteiger charge is 2.12. The van der Waals surface area contributed by atoms with Crippen LogP contribution in [0.15, 0.2) is 28.3 Å². The molecule has 100 valence electrons. The van der Waals surface area contributed by atoms with Crippen LogP contribution < -0.4 is 20.2 Å². The summed E-state index contributed by atoms with van der Waals surface area (Å²) in [5, 5.41) is 7.28. The molecule has 2 aliphatic rings. The Morgan fingerprint density at radius 1 is 1.37 bits per heavy atom. The third kappa shape index (κ3) is 2.96.